The molecule has 0 aromatic carbocycles. The van der Waals surface area contributed by atoms with Crippen molar-refractivity contribution in [1.29, 1.82) is 0 Å². The molecule has 0 spiro atoms. The average Bonchev–Trinajstić information content (AvgIpc) is 3.05. The Morgan fingerprint density at radius 2 is 2.05 bits per heavy atom. The zero-order valence-corrected chi connectivity index (χ0v) is 12.3. The van der Waals surface area contributed by atoms with Gasteiger partial charge in [-0.2, -0.15) is 0 Å². The molecule has 3 aromatic heterocycles. The molecule has 5 heteroatoms. The average molecular weight is 283 g/mol. The number of furan rings is 1. The molecule has 0 saturated carbocycles. The maximum atomic E-state index is 12.3. The van der Waals surface area contributed by atoms with E-state index in [2.05, 4.69) is 10.3 Å². The lowest BCUT2D eigenvalue weighted by atomic mass is 9.96. The number of amides is 1. The molecular weight excluding hydrogens is 266 g/mol. The van der Waals surface area contributed by atoms with Crippen molar-refractivity contribution in [2.45, 2.75) is 20.8 Å². The van der Waals surface area contributed by atoms with Crippen LogP contribution in [0, 0.1) is 5.41 Å². The van der Waals surface area contributed by atoms with Crippen LogP contribution in [0.3, 0.4) is 0 Å². The Morgan fingerprint density at radius 1 is 1.24 bits per heavy atom. The van der Waals surface area contributed by atoms with Crippen LogP contribution in [-0.4, -0.2) is 15.3 Å². The summed E-state index contributed by atoms with van der Waals surface area (Å²) >= 11 is 0. The van der Waals surface area contributed by atoms with Gasteiger partial charge < -0.3 is 9.73 Å². The molecule has 1 N–H and O–H groups in total. The number of imidazole rings is 1. The highest BCUT2D eigenvalue weighted by atomic mass is 16.3. The van der Waals surface area contributed by atoms with Gasteiger partial charge in [-0.15, -0.1) is 0 Å². The summed E-state index contributed by atoms with van der Waals surface area (Å²) in [6, 6.07) is 9.32. The molecule has 0 bridgehead atoms. The summed E-state index contributed by atoms with van der Waals surface area (Å²) in [5.41, 5.74) is 0.899. The maximum Gasteiger partial charge on any atom is 0.230 e. The van der Waals surface area contributed by atoms with Crippen molar-refractivity contribution in [3.63, 3.8) is 0 Å². The van der Waals surface area contributed by atoms with Gasteiger partial charge in [0.25, 0.3) is 0 Å². The molecule has 3 rings (SSSR count). The normalized spacial score (nSPS) is 11.8. The molecule has 5 nitrogen and oxygen atoms in total. The van der Waals surface area contributed by atoms with Gasteiger partial charge in [-0.05, 0) is 24.3 Å². The lowest BCUT2D eigenvalue weighted by molar-refractivity contribution is -0.123. The van der Waals surface area contributed by atoms with Crippen LogP contribution in [0.2, 0.25) is 0 Å². The van der Waals surface area contributed by atoms with Crippen LogP contribution >= 0.6 is 0 Å². The third-order valence-corrected chi connectivity index (χ3v) is 3.20. The van der Waals surface area contributed by atoms with E-state index in [1.165, 1.54) is 0 Å². The van der Waals surface area contributed by atoms with E-state index in [1.807, 2.05) is 55.6 Å². The van der Waals surface area contributed by atoms with E-state index >= 15 is 0 Å². The molecule has 108 valence electrons. The Balaban J connectivity index is 2.15. The van der Waals surface area contributed by atoms with Gasteiger partial charge in [0.15, 0.2) is 5.76 Å². The molecule has 3 aromatic rings. The van der Waals surface area contributed by atoms with E-state index in [0.717, 1.165) is 5.65 Å². The lowest BCUT2D eigenvalue weighted by Gasteiger charge is -2.17. The second-order valence-corrected chi connectivity index (χ2v) is 5.92. The number of hydrogen-bond donors (Lipinski definition) is 1. The number of carbonyl (C=O) groups is 1. The molecule has 3 heterocycles. The van der Waals surface area contributed by atoms with Crippen molar-refractivity contribution in [2.75, 3.05) is 5.32 Å². The fourth-order valence-electron chi connectivity index (χ4n) is 2.00. The fraction of sp³-hybridized carbons (Fsp3) is 0.250. The largest absolute Gasteiger partial charge is 0.463 e. The number of hydrogen-bond acceptors (Lipinski definition) is 3. The zero-order chi connectivity index (χ0) is 15.0. The molecule has 0 radical (unpaired) electrons. The minimum Gasteiger partial charge on any atom is -0.463 e. The predicted molar refractivity (Wildman–Crippen MR) is 81.0 cm³/mol. The first-order valence-corrected chi connectivity index (χ1v) is 6.79. The van der Waals surface area contributed by atoms with E-state index < -0.39 is 5.41 Å². The van der Waals surface area contributed by atoms with Gasteiger partial charge in [0.2, 0.25) is 5.91 Å². The maximum absolute atomic E-state index is 12.3. The van der Waals surface area contributed by atoms with Crippen molar-refractivity contribution in [3.8, 4) is 11.5 Å². The van der Waals surface area contributed by atoms with Gasteiger partial charge in [-0.3, -0.25) is 9.20 Å². The Bertz CT molecular complexity index is 780. The predicted octanol–water partition coefficient (Wildman–Crippen LogP) is 3.58. The van der Waals surface area contributed by atoms with Crippen molar-refractivity contribution < 1.29 is 9.21 Å². The molecule has 0 aliphatic rings. The van der Waals surface area contributed by atoms with Gasteiger partial charge >= 0.3 is 0 Å². The molecular formula is C16H17N3O2. The monoisotopic (exact) mass is 283 g/mol. The molecule has 0 unspecified atom stereocenters. The van der Waals surface area contributed by atoms with Crippen LogP contribution in [0.1, 0.15) is 20.8 Å². The van der Waals surface area contributed by atoms with Crippen LogP contribution in [-0.2, 0) is 4.79 Å². The Kier molecular flexibility index (Phi) is 3.05. The van der Waals surface area contributed by atoms with E-state index in [9.17, 15) is 4.79 Å². The second kappa shape index (κ2) is 4.77. The number of carbonyl (C=O) groups excluding carboxylic acids is 1. The number of rotatable bonds is 2. The third-order valence-electron chi connectivity index (χ3n) is 3.20. The van der Waals surface area contributed by atoms with Crippen molar-refractivity contribution >= 4 is 17.4 Å². The van der Waals surface area contributed by atoms with E-state index in [0.29, 0.717) is 17.3 Å². The van der Waals surface area contributed by atoms with Crippen molar-refractivity contribution in [2.24, 2.45) is 5.41 Å². The molecule has 21 heavy (non-hydrogen) atoms. The lowest BCUT2D eigenvalue weighted by Crippen LogP contribution is -2.28. The number of pyridine rings is 1. The summed E-state index contributed by atoms with van der Waals surface area (Å²) in [5.74, 6) is 1.18. The summed E-state index contributed by atoms with van der Waals surface area (Å²) in [5, 5.41) is 2.96. The third kappa shape index (κ3) is 2.42. The zero-order valence-electron chi connectivity index (χ0n) is 12.3. The number of nitrogens with zero attached hydrogens (tertiary/aromatic N) is 2. The van der Waals surface area contributed by atoms with Gasteiger partial charge in [-0.25, -0.2) is 4.98 Å². The molecule has 0 aliphatic heterocycles. The summed E-state index contributed by atoms with van der Waals surface area (Å²) in [7, 11) is 0. The minimum absolute atomic E-state index is 0.0686. The van der Waals surface area contributed by atoms with E-state index in [-0.39, 0.29) is 5.91 Å². The highest BCUT2D eigenvalue weighted by molar-refractivity contribution is 5.97. The van der Waals surface area contributed by atoms with Crippen LogP contribution in [0.5, 0.6) is 0 Å². The first kappa shape index (κ1) is 13.4. The minimum atomic E-state index is -0.487. The van der Waals surface area contributed by atoms with Gasteiger partial charge in [0, 0.05) is 11.6 Å². The number of aromatic nitrogens is 2. The number of fused-ring (bicyclic) bond motifs is 1. The summed E-state index contributed by atoms with van der Waals surface area (Å²) in [4.78, 5) is 16.9. The van der Waals surface area contributed by atoms with Gasteiger partial charge in [0.1, 0.15) is 17.2 Å². The van der Waals surface area contributed by atoms with Gasteiger partial charge in [-0.1, -0.05) is 26.8 Å². The Labute approximate surface area is 122 Å². The van der Waals surface area contributed by atoms with Crippen LogP contribution in [0.25, 0.3) is 17.1 Å². The summed E-state index contributed by atoms with van der Waals surface area (Å²) in [6.45, 7) is 5.62. The smallest absolute Gasteiger partial charge is 0.230 e. The topological polar surface area (TPSA) is 59.5 Å². The fourth-order valence-corrected chi connectivity index (χ4v) is 2.00. The first-order chi connectivity index (χ1) is 9.97. The summed E-state index contributed by atoms with van der Waals surface area (Å²) < 4.78 is 7.28. The Hall–Kier alpha value is -2.56. The van der Waals surface area contributed by atoms with E-state index in [4.69, 9.17) is 4.42 Å². The second-order valence-electron chi connectivity index (χ2n) is 5.92. The SMILES string of the molecule is CC(C)(C)C(=O)Nc1c(-c2ccco2)nc2ccccn12. The highest BCUT2D eigenvalue weighted by Crippen LogP contribution is 2.30. The Morgan fingerprint density at radius 3 is 2.71 bits per heavy atom. The molecule has 1 amide bonds. The molecule has 0 atom stereocenters. The standard InChI is InChI=1S/C16H17N3O2/c1-16(2,3)15(20)18-14-13(11-7-6-10-21-11)17-12-8-4-5-9-19(12)14/h4-10H,1-3H3,(H,18,20). The van der Waals surface area contributed by atoms with Crippen molar-refractivity contribution in [3.05, 3.63) is 42.8 Å². The summed E-state index contributed by atoms with van der Waals surface area (Å²) in [6.07, 6.45) is 3.46. The van der Waals surface area contributed by atoms with Gasteiger partial charge in [0.05, 0.1) is 6.26 Å². The number of nitrogens with one attached hydrogen (secondary N) is 1. The highest BCUT2D eigenvalue weighted by Gasteiger charge is 2.25. The van der Waals surface area contributed by atoms with Crippen LogP contribution in [0.15, 0.2) is 47.2 Å². The van der Waals surface area contributed by atoms with Crippen LogP contribution in [0.4, 0.5) is 5.82 Å². The number of anilines is 1. The first-order valence-electron chi connectivity index (χ1n) is 6.79. The van der Waals surface area contributed by atoms with Crippen LogP contribution < -0.4 is 5.32 Å². The molecule has 0 saturated heterocycles. The van der Waals surface area contributed by atoms with E-state index in [1.54, 1.807) is 12.3 Å². The quantitative estimate of drug-likeness (QED) is 0.782. The van der Waals surface area contributed by atoms with Crippen molar-refractivity contribution in [1.82, 2.24) is 9.38 Å². The molecule has 0 fully saturated rings. The molecule has 0 aliphatic carbocycles.